The number of phenols is 2. The Morgan fingerprint density at radius 1 is 0.828 bits per heavy atom. The van der Waals surface area contributed by atoms with Gasteiger partial charge in [0.15, 0.2) is 5.82 Å². The van der Waals surface area contributed by atoms with Crippen LogP contribution < -0.4 is 0 Å². The highest BCUT2D eigenvalue weighted by molar-refractivity contribution is 5.75. The van der Waals surface area contributed by atoms with Crippen LogP contribution in [0, 0.1) is 5.82 Å². The molecular weight excluding hydrogens is 373 g/mol. The minimum Gasteiger partial charge on any atom is -0.508 e. The summed E-state index contributed by atoms with van der Waals surface area (Å²) in [6, 6.07) is 17.2. The van der Waals surface area contributed by atoms with Gasteiger partial charge in [0.05, 0.1) is 5.69 Å². The molecule has 0 aliphatic carbocycles. The van der Waals surface area contributed by atoms with Crippen LogP contribution in [0.2, 0.25) is 0 Å². The Kier molecular flexibility index (Phi) is 4.70. The Morgan fingerprint density at radius 3 is 2.45 bits per heavy atom. The van der Waals surface area contributed by atoms with Crippen LogP contribution in [0.25, 0.3) is 29.2 Å². The molecule has 0 amide bonds. The molecule has 0 bridgehead atoms. The van der Waals surface area contributed by atoms with E-state index in [0.29, 0.717) is 11.1 Å². The van der Waals surface area contributed by atoms with E-state index in [1.54, 1.807) is 48.6 Å². The quantitative estimate of drug-likeness (QED) is 0.451. The summed E-state index contributed by atoms with van der Waals surface area (Å²) in [7, 11) is 0. The van der Waals surface area contributed by atoms with Crippen LogP contribution >= 0.6 is 0 Å². The molecule has 0 radical (unpaired) electrons. The average molecular weight is 389 g/mol. The summed E-state index contributed by atoms with van der Waals surface area (Å²) >= 11 is 0. The van der Waals surface area contributed by atoms with Crippen LogP contribution in [-0.2, 0) is 0 Å². The molecule has 0 aliphatic heterocycles. The Labute approximate surface area is 165 Å². The number of phenolic OH excluding ortho intramolecular Hbond substituents is 2. The number of hydrogen-bond acceptors (Lipinski definition) is 5. The summed E-state index contributed by atoms with van der Waals surface area (Å²) in [6.07, 6.45) is 3.48. The summed E-state index contributed by atoms with van der Waals surface area (Å²) < 4.78 is 15.5. The average Bonchev–Trinajstić information content (AvgIpc) is 3.09. The van der Waals surface area contributed by atoms with Crippen molar-refractivity contribution < 1.29 is 19.7 Å². The lowest BCUT2D eigenvalue weighted by atomic mass is 10.1. The number of para-hydroxylation sites is 1. The molecular formula is C22H16FN3O3. The van der Waals surface area contributed by atoms with Gasteiger partial charge in [-0.25, -0.2) is 8.96 Å². The standard InChI is InChI=1S/C22H16FN3O3/c23-18-6-1-2-7-19(18)26-21(24-25-22(26)29)16-5-3-4-14(12-16)8-9-15-10-11-17(27)13-20(15)28/h1-13,27-28H,(H,25,29). The van der Waals surface area contributed by atoms with Crippen LogP contribution in [0.3, 0.4) is 0 Å². The molecule has 144 valence electrons. The molecule has 0 fully saturated rings. The number of nitrogens with zero attached hydrogens (tertiary/aromatic N) is 3. The number of halogens is 1. The second-order valence-corrected chi connectivity index (χ2v) is 6.31. The van der Waals surface area contributed by atoms with Crippen molar-refractivity contribution in [1.29, 1.82) is 0 Å². The molecule has 0 atom stereocenters. The fraction of sp³-hybridized carbons (Fsp3) is 0. The van der Waals surface area contributed by atoms with Crippen LogP contribution in [0.5, 0.6) is 17.5 Å². The molecule has 0 spiro atoms. The van der Waals surface area contributed by atoms with Crippen molar-refractivity contribution in [2.24, 2.45) is 0 Å². The van der Waals surface area contributed by atoms with Crippen molar-refractivity contribution in [3.63, 3.8) is 0 Å². The van der Waals surface area contributed by atoms with Gasteiger partial charge in [0.1, 0.15) is 17.3 Å². The van der Waals surface area contributed by atoms with Crippen LogP contribution in [-0.4, -0.2) is 30.1 Å². The van der Waals surface area contributed by atoms with Gasteiger partial charge in [0.2, 0.25) is 0 Å². The largest absolute Gasteiger partial charge is 0.508 e. The molecule has 29 heavy (non-hydrogen) atoms. The monoisotopic (exact) mass is 389 g/mol. The lowest BCUT2D eigenvalue weighted by Crippen LogP contribution is -2.00. The van der Waals surface area contributed by atoms with Gasteiger partial charge in [-0.3, -0.25) is 0 Å². The summed E-state index contributed by atoms with van der Waals surface area (Å²) in [5.41, 5.74) is 2.09. The number of benzene rings is 3. The van der Waals surface area contributed by atoms with Gasteiger partial charge in [-0.15, -0.1) is 5.10 Å². The number of hydrogen-bond donors (Lipinski definition) is 3. The third-order valence-corrected chi connectivity index (χ3v) is 4.35. The predicted molar refractivity (Wildman–Crippen MR) is 107 cm³/mol. The maximum atomic E-state index is 14.2. The SMILES string of the molecule is Oc1ccc(C=Cc2cccc(-c3nnc(O)n3-c3ccccc3F)c2)c(O)c1. The third-order valence-electron chi connectivity index (χ3n) is 4.35. The first-order valence-corrected chi connectivity index (χ1v) is 8.73. The third kappa shape index (κ3) is 3.66. The molecule has 4 rings (SSSR count). The molecule has 0 unspecified atom stereocenters. The van der Waals surface area contributed by atoms with E-state index in [2.05, 4.69) is 10.2 Å². The smallest absolute Gasteiger partial charge is 0.319 e. The normalized spacial score (nSPS) is 11.2. The van der Waals surface area contributed by atoms with E-state index in [-0.39, 0.29) is 23.0 Å². The maximum absolute atomic E-state index is 14.2. The highest BCUT2D eigenvalue weighted by Gasteiger charge is 2.17. The first-order valence-electron chi connectivity index (χ1n) is 8.73. The molecule has 6 nitrogen and oxygen atoms in total. The van der Waals surface area contributed by atoms with E-state index < -0.39 is 11.8 Å². The number of aromatic nitrogens is 3. The molecule has 3 N–H and O–H groups in total. The van der Waals surface area contributed by atoms with E-state index in [4.69, 9.17) is 0 Å². The predicted octanol–water partition coefficient (Wildman–Crippen LogP) is 4.36. The molecule has 1 aromatic heterocycles. The number of rotatable bonds is 4. The van der Waals surface area contributed by atoms with Gasteiger partial charge >= 0.3 is 6.01 Å². The number of aromatic hydroxyl groups is 3. The lowest BCUT2D eigenvalue weighted by molar-refractivity contribution is 0.418. The Balaban J connectivity index is 1.72. The van der Waals surface area contributed by atoms with Crippen molar-refractivity contribution in [3.8, 4) is 34.6 Å². The van der Waals surface area contributed by atoms with Crippen molar-refractivity contribution in [3.05, 3.63) is 83.7 Å². The summed E-state index contributed by atoms with van der Waals surface area (Å²) in [5.74, 6) is -0.284. The van der Waals surface area contributed by atoms with Gasteiger partial charge in [-0.05, 0) is 35.9 Å². The fourth-order valence-electron chi connectivity index (χ4n) is 2.96. The zero-order valence-corrected chi connectivity index (χ0v) is 15.1. The topological polar surface area (TPSA) is 91.4 Å². The van der Waals surface area contributed by atoms with E-state index in [1.165, 1.54) is 28.8 Å². The van der Waals surface area contributed by atoms with Gasteiger partial charge in [0, 0.05) is 17.2 Å². The summed E-state index contributed by atoms with van der Waals surface area (Å²) in [5, 5.41) is 37.1. The van der Waals surface area contributed by atoms with Crippen LogP contribution in [0.1, 0.15) is 11.1 Å². The highest BCUT2D eigenvalue weighted by Crippen LogP contribution is 2.29. The Bertz CT molecular complexity index is 1220. The van der Waals surface area contributed by atoms with E-state index in [1.807, 2.05) is 6.07 Å². The van der Waals surface area contributed by atoms with Gasteiger partial charge in [-0.1, -0.05) is 47.6 Å². The van der Waals surface area contributed by atoms with E-state index >= 15 is 0 Å². The lowest BCUT2D eigenvalue weighted by Gasteiger charge is -2.09. The molecule has 0 aliphatic rings. The maximum Gasteiger partial charge on any atom is 0.319 e. The minimum atomic E-state index is -0.511. The van der Waals surface area contributed by atoms with Crippen molar-refractivity contribution in [2.45, 2.75) is 0 Å². The molecule has 0 saturated carbocycles. The Morgan fingerprint density at radius 2 is 1.66 bits per heavy atom. The van der Waals surface area contributed by atoms with Crippen LogP contribution in [0.4, 0.5) is 4.39 Å². The zero-order chi connectivity index (χ0) is 20.4. The second kappa shape index (κ2) is 7.47. The van der Waals surface area contributed by atoms with Crippen molar-refractivity contribution in [2.75, 3.05) is 0 Å². The first-order chi connectivity index (χ1) is 14.0. The zero-order valence-electron chi connectivity index (χ0n) is 15.1. The van der Waals surface area contributed by atoms with Crippen LogP contribution in [0.15, 0.2) is 66.7 Å². The van der Waals surface area contributed by atoms with E-state index in [0.717, 1.165) is 5.56 Å². The fourth-order valence-corrected chi connectivity index (χ4v) is 2.96. The van der Waals surface area contributed by atoms with Gasteiger partial charge < -0.3 is 15.3 Å². The molecule has 0 saturated heterocycles. The van der Waals surface area contributed by atoms with E-state index in [9.17, 15) is 19.7 Å². The summed E-state index contributed by atoms with van der Waals surface area (Å²) in [4.78, 5) is 0. The minimum absolute atomic E-state index is 0.0195. The van der Waals surface area contributed by atoms with Gasteiger partial charge in [0.25, 0.3) is 0 Å². The van der Waals surface area contributed by atoms with Crippen molar-refractivity contribution >= 4 is 12.2 Å². The molecule has 4 aromatic rings. The van der Waals surface area contributed by atoms with Crippen molar-refractivity contribution in [1.82, 2.24) is 14.8 Å². The first kappa shape index (κ1) is 18.2. The molecule has 3 aromatic carbocycles. The Hall–Kier alpha value is -4.13. The second-order valence-electron chi connectivity index (χ2n) is 6.31. The molecule has 1 heterocycles. The molecule has 7 heteroatoms. The van der Waals surface area contributed by atoms with Gasteiger partial charge in [-0.2, -0.15) is 0 Å². The summed E-state index contributed by atoms with van der Waals surface area (Å²) in [6.45, 7) is 0. The highest BCUT2D eigenvalue weighted by atomic mass is 19.1.